The molecule has 1 aliphatic heterocycles. The highest BCUT2D eigenvalue weighted by Gasteiger charge is 2.32. The van der Waals surface area contributed by atoms with Crippen molar-refractivity contribution in [1.29, 1.82) is 0 Å². The van der Waals surface area contributed by atoms with Gasteiger partial charge in [-0.15, -0.1) is 0 Å². The molecule has 1 aliphatic carbocycles. The number of esters is 1. The van der Waals surface area contributed by atoms with Crippen LogP contribution in [0, 0.1) is 11.8 Å². The third kappa shape index (κ3) is 3.57. The zero-order valence-electron chi connectivity index (χ0n) is 17.4. The maximum atomic E-state index is 14.8. The summed E-state index contributed by atoms with van der Waals surface area (Å²) in [5.74, 6) is -0.0910. The van der Waals surface area contributed by atoms with Crippen LogP contribution in [-0.2, 0) is 16.0 Å². The molecule has 5 nitrogen and oxygen atoms in total. The number of ether oxygens (including phenoxy) is 3. The number of rotatable bonds is 5. The first-order valence-electron chi connectivity index (χ1n) is 10.5. The molecule has 0 spiro atoms. The second kappa shape index (κ2) is 8.22. The van der Waals surface area contributed by atoms with E-state index in [9.17, 15) is 13.6 Å². The van der Waals surface area contributed by atoms with E-state index in [2.05, 4.69) is 4.98 Å². The number of pyridine rings is 1. The third-order valence-electron chi connectivity index (χ3n) is 6.12. The van der Waals surface area contributed by atoms with Gasteiger partial charge in [-0.1, -0.05) is 12.1 Å². The van der Waals surface area contributed by atoms with Crippen LogP contribution in [0.3, 0.4) is 0 Å². The molecule has 2 aliphatic rings. The largest absolute Gasteiger partial charge is 0.492 e. The number of fused-ring (bicyclic) bond motifs is 2. The van der Waals surface area contributed by atoms with Crippen LogP contribution in [0.25, 0.3) is 11.1 Å². The van der Waals surface area contributed by atoms with Gasteiger partial charge in [0.2, 0.25) is 5.95 Å². The zero-order valence-corrected chi connectivity index (χ0v) is 17.4. The Labute approximate surface area is 184 Å². The fraction of sp³-hybridized carbons (Fsp3) is 0.280. The lowest BCUT2D eigenvalue weighted by atomic mass is 9.97. The first kappa shape index (κ1) is 20.4. The maximum Gasteiger partial charge on any atom is 0.306 e. The number of carbonyl (C=O) groups excluding carboxylic acids is 1. The molecule has 5 rings (SSSR count). The van der Waals surface area contributed by atoms with Crippen molar-refractivity contribution in [1.82, 2.24) is 4.98 Å². The number of halogens is 2. The van der Waals surface area contributed by atoms with E-state index in [-0.39, 0.29) is 24.1 Å². The van der Waals surface area contributed by atoms with Crippen LogP contribution in [0.2, 0.25) is 0 Å². The van der Waals surface area contributed by atoms with Crippen LogP contribution in [0.5, 0.6) is 11.5 Å². The summed E-state index contributed by atoms with van der Waals surface area (Å²) in [6, 6.07) is 11.7. The molecule has 0 unspecified atom stereocenters. The predicted molar refractivity (Wildman–Crippen MR) is 113 cm³/mol. The first-order valence-corrected chi connectivity index (χ1v) is 10.5. The monoisotopic (exact) mass is 437 g/mol. The van der Waals surface area contributed by atoms with E-state index in [4.69, 9.17) is 14.2 Å². The summed E-state index contributed by atoms with van der Waals surface area (Å²) in [6.07, 6.45) is 2.30. The van der Waals surface area contributed by atoms with Crippen LogP contribution < -0.4 is 9.47 Å². The smallest absolute Gasteiger partial charge is 0.306 e. The van der Waals surface area contributed by atoms with Gasteiger partial charge in [0.25, 0.3) is 0 Å². The number of carbonyl (C=O) groups is 1. The highest BCUT2D eigenvalue weighted by Crippen LogP contribution is 2.44. The number of aromatic nitrogens is 1. The lowest BCUT2D eigenvalue weighted by Gasteiger charge is -2.17. The average molecular weight is 437 g/mol. The molecule has 164 valence electrons. The molecular weight excluding hydrogens is 416 g/mol. The van der Waals surface area contributed by atoms with Crippen molar-refractivity contribution >= 4 is 5.97 Å². The molecule has 2 heterocycles. The van der Waals surface area contributed by atoms with Crippen molar-refractivity contribution in [3.63, 3.8) is 0 Å². The van der Waals surface area contributed by atoms with Gasteiger partial charge in [-0.2, -0.15) is 4.39 Å². The molecule has 0 fully saturated rings. The highest BCUT2D eigenvalue weighted by atomic mass is 19.1. The van der Waals surface area contributed by atoms with Crippen LogP contribution >= 0.6 is 0 Å². The van der Waals surface area contributed by atoms with Crippen molar-refractivity contribution in [3.8, 4) is 22.6 Å². The minimum absolute atomic E-state index is 0.0620. The van der Waals surface area contributed by atoms with Crippen LogP contribution in [0.15, 0.2) is 48.7 Å². The second-order valence-corrected chi connectivity index (χ2v) is 7.96. The third-order valence-corrected chi connectivity index (χ3v) is 6.12. The Bertz CT molecular complexity index is 1200. The molecule has 0 saturated carbocycles. The lowest BCUT2D eigenvalue weighted by molar-refractivity contribution is -0.141. The van der Waals surface area contributed by atoms with Crippen LogP contribution in [0.4, 0.5) is 8.78 Å². The minimum Gasteiger partial charge on any atom is -0.492 e. The molecule has 0 radical (unpaired) electrons. The van der Waals surface area contributed by atoms with E-state index in [1.807, 2.05) is 6.07 Å². The summed E-state index contributed by atoms with van der Waals surface area (Å²) >= 11 is 0. The SMILES string of the molecule is COC(=O)C[C@@H]1COc2cc(O[C@@H]3CCc4c(-c5cccnc5F)ccc(F)c43)ccc21. The summed E-state index contributed by atoms with van der Waals surface area (Å²) in [7, 11) is 1.36. The Morgan fingerprint density at radius 3 is 2.88 bits per heavy atom. The molecule has 0 bridgehead atoms. The summed E-state index contributed by atoms with van der Waals surface area (Å²) in [5.41, 5.74) is 3.12. The lowest BCUT2D eigenvalue weighted by Crippen LogP contribution is -2.09. The normalized spacial score (nSPS) is 18.6. The summed E-state index contributed by atoms with van der Waals surface area (Å²) in [6.45, 7) is 0.398. The molecule has 7 heteroatoms. The van der Waals surface area contributed by atoms with Crippen LogP contribution in [-0.4, -0.2) is 24.7 Å². The summed E-state index contributed by atoms with van der Waals surface area (Å²) in [4.78, 5) is 15.3. The number of hydrogen-bond donors (Lipinski definition) is 0. The molecule has 3 aromatic rings. The van der Waals surface area contributed by atoms with Gasteiger partial charge in [-0.25, -0.2) is 9.37 Å². The van der Waals surface area contributed by atoms with E-state index in [1.165, 1.54) is 19.4 Å². The maximum absolute atomic E-state index is 14.8. The zero-order chi connectivity index (χ0) is 22.2. The predicted octanol–water partition coefficient (Wildman–Crippen LogP) is 5.13. The van der Waals surface area contributed by atoms with Crippen molar-refractivity contribution in [2.45, 2.75) is 31.3 Å². The molecule has 0 amide bonds. The number of hydrogen-bond acceptors (Lipinski definition) is 5. The van der Waals surface area contributed by atoms with E-state index in [1.54, 1.807) is 30.3 Å². The fourth-order valence-electron chi connectivity index (χ4n) is 4.58. The molecule has 2 atom stereocenters. The van der Waals surface area contributed by atoms with Crippen molar-refractivity contribution < 1.29 is 27.8 Å². The highest BCUT2D eigenvalue weighted by molar-refractivity contribution is 5.71. The Morgan fingerprint density at radius 2 is 2.06 bits per heavy atom. The molecule has 32 heavy (non-hydrogen) atoms. The van der Waals surface area contributed by atoms with Gasteiger partial charge < -0.3 is 14.2 Å². The van der Waals surface area contributed by atoms with E-state index in [0.717, 1.165) is 11.1 Å². The second-order valence-electron chi connectivity index (χ2n) is 7.96. The van der Waals surface area contributed by atoms with Gasteiger partial charge in [0.1, 0.15) is 23.4 Å². The molecule has 0 saturated heterocycles. The van der Waals surface area contributed by atoms with Gasteiger partial charge in [0.15, 0.2) is 0 Å². The van der Waals surface area contributed by atoms with Gasteiger partial charge in [-0.05, 0) is 48.2 Å². The Morgan fingerprint density at radius 1 is 1.19 bits per heavy atom. The Hall–Kier alpha value is -3.48. The van der Waals surface area contributed by atoms with E-state index >= 15 is 0 Å². The summed E-state index contributed by atoms with van der Waals surface area (Å²) < 4.78 is 45.7. The van der Waals surface area contributed by atoms with Crippen LogP contribution in [0.1, 0.15) is 41.6 Å². The van der Waals surface area contributed by atoms with Gasteiger partial charge >= 0.3 is 5.97 Å². The van der Waals surface area contributed by atoms with Crippen molar-refractivity contribution in [2.24, 2.45) is 0 Å². The van der Waals surface area contributed by atoms with Gasteiger partial charge in [0.05, 0.1) is 20.1 Å². The van der Waals surface area contributed by atoms with Crippen molar-refractivity contribution in [3.05, 3.63) is 77.1 Å². The van der Waals surface area contributed by atoms with E-state index < -0.39 is 12.1 Å². The summed E-state index contributed by atoms with van der Waals surface area (Å²) in [5, 5.41) is 0. The van der Waals surface area contributed by atoms with Gasteiger partial charge in [-0.3, -0.25) is 4.79 Å². The molecular formula is C25H21F2NO4. The number of methoxy groups -OCH3 is 1. The Balaban J connectivity index is 1.41. The van der Waals surface area contributed by atoms with Gasteiger partial charge in [0, 0.05) is 34.9 Å². The molecule has 0 N–H and O–H groups in total. The fourth-order valence-corrected chi connectivity index (χ4v) is 4.58. The average Bonchev–Trinajstić information content (AvgIpc) is 3.39. The Kier molecular flexibility index (Phi) is 5.25. The topological polar surface area (TPSA) is 57.7 Å². The number of nitrogens with zero attached hydrogens (tertiary/aromatic N) is 1. The van der Waals surface area contributed by atoms with Crippen molar-refractivity contribution in [2.75, 3.05) is 13.7 Å². The molecule has 2 aromatic carbocycles. The standard InChI is InChI=1S/C25H21F2NO4/c1-30-23(29)11-14-13-31-22-12-15(4-5-16(14)22)32-21-9-7-18-17(6-8-20(26)24(18)21)19-3-2-10-28-25(19)27/h2-6,8,10,12,14,21H,7,9,11,13H2,1H3/t14-,21-/m1/s1. The first-order chi connectivity index (χ1) is 15.5. The molecule has 1 aromatic heterocycles. The minimum atomic E-state index is -0.581. The van der Waals surface area contributed by atoms with E-state index in [0.29, 0.717) is 47.6 Å². The quantitative estimate of drug-likeness (QED) is 0.409. The number of benzene rings is 2.